The van der Waals surface area contributed by atoms with E-state index in [0.29, 0.717) is 0 Å². The molecule has 1 rings (SSSR count). The number of carbonyl (C=O) groups excluding carboxylic acids is 1. The Bertz CT molecular complexity index is 432. The van der Waals surface area contributed by atoms with Gasteiger partial charge in [-0.2, -0.15) is 0 Å². The smallest absolute Gasteiger partial charge is 0.354 e. The predicted molar refractivity (Wildman–Crippen MR) is 63.0 cm³/mol. The molecule has 1 atom stereocenters. The average molecular weight is 236 g/mol. The molecule has 0 aliphatic heterocycles. The van der Waals surface area contributed by atoms with Crippen LogP contribution in [0.1, 0.15) is 41.2 Å². The highest BCUT2D eigenvalue weighted by atomic mass is 16.4. The molecule has 17 heavy (non-hydrogen) atoms. The molecule has 1 amide bonds. The van der Waals surface area contributed by atoms with Gasteiger partial charge in [0.2, 0.25) is 0 Å². The van der Waals surface area contributed by atoms with Crippen molar-refractivity contribution < 1.29 is 14.7 Å². The van der Waals surface area contributed by atoms with E-state index >= 15 is 0 Å². The second-order valence-electron chi connectivity index (χ2n) is 3.89. The van der Waals surface area contributed by atoms with Gasteiger partial charge in [-0.3, -0.25) is 4.79 Å². The van der Waals surface area contributed by atoms with Crippen molar-refractivity contribution in [1.82, 2.24) is 9.88 Å². The van der Waals surface area contributed by atoms with Gasteiger partial charge in [0.05, 0.1) is 0 Å². The van der Waals surface area contributed by atoms with Crippen LogP contribution in [0.5, 0.6) is 0 Å². The van der Waals surface area contributed by atoms with E-state index in [2.05, 4.69) is 4.98 Å². The highest BCUT2D eigenvalue weighted by Gasteiger charge is 2.18. The lowest BCUT2D eigenvalue weighted by Crippen LogP contribution is -2.35. The molecule has 0 aliphatic carbocycles. The van der Waals surface area contributed by atoms with Crippen LogP contribution in [0.2, 0.25) is 0 Å². The predicted octanol–water partition coefficient (Wildman–Crippen LogP) is 1.65. The minimum Gasteiger partial charge on any atom is -0.477 e. The van der Waals surface area contributed by atoms with Crippen molar-refractivity contribution in [3.8, 4) is 0 Å². The van der Waals surface area contributed by atoms with Gasteiger partial charge in [0.15, 0.2) is 0 Å². The molecule has 5 heteroatoms. The first-order chi connectivity index (χ1) is 7.97. The number of hydrogen-bond donors (Lipinski definition) is 1. The molecular weight excluding hydrogens is 220 g/mol. The standard InChI is InChI=1S/C12H16N2O3/c1-4-8(2)14(3)11(15)9-6-5-7-10(13-9)12(16)17/h5-8H,4H2,1-3H3,(H,16,17). The summed E-state index contributed by atoms with van der Waals surface area (Å²) in [5, 5.41) is 8.80. The van der Waals surface area contributed by atoms with Gasteiger partial charge in [-0.15, -0.1) is 0 Å². The summed E-state index contributed by atoms with van der Waals surface area (Å²) in [6.45, 7) is 3.91. The Morgan fingerprint density at radius 2 is 2.00 bits per heavy atom. The molecule has 0 spiro atoms. The molecule has 1 N–H and O–H groups in total. The molecule has 0 aliphatic rings. The third kappa shape index (κ3) is 3.03. The Balaban J connectivity index is 2.96. The van der Waals surface area contributed by atoms with Crippen molar-refractivity contribution >= 4 is 11.9 Å². The van der Waals surface area contributed by atoms with Crippen LogP contribution in [0.15, 0.2) is 18.2 Å². The van der Waals surface area contributed by atoms with Gasteiger partial charge < -0.3 is 10.0 Å². The molecule has 0 bridgehead atoms. The topological polar surface area (TPSA) is 70.5 Å². The quantitative estimate of drug-likeness (QED) is 0.862. The normalized spacial score (nSPS) is 11.9. The zero-order chi connectivity index (χ0) is 13.0. The fourth-order valence-electron chi connectivity index (χ4n) is 1.33. The number of pyridine rings is 1. The van der Waals surface area contributed by atoms with E-state index in [1.54, 1.807) is 11.9 Å². The summed E-state index contributed by atoms with van der Waals surface area (Å²) in [4.78, 5) is 28.1. The van der Waals surface area contributed by atoms with Gasteiger partial charge in [-0.1, -0.05) is 13.0 Å². The first kappa shape index (κ1) is 13.2. The maximum atomic E-state index is 12.0. The fraction of sp³-hybridized carbons (Fsp3) is 0.417. The molecule has 1 unspecified atom stereocenters. The van der Waals surface area contributed by atoms with Crippen LogP contribution in [0.25, 0.3) is 0 Å². The molecule has 1 aromatic heterocycles. The fourth-order valence-corrected chi connectivity index (χ4v) is 1.33. The first-order valence-electron chi connectivity index (χ1n) is 5.44. The summed E-state index contributed by atoms with van der Waals surface area (Å²) < 4.78 is 0. The molecule has 5 nitrogen and oxygen atoms in total. The zero-order valence-electron chi connectivity index (χ0n) is 10.2. The van der Waals surface area contributed by atoms with E-state index in [0.717, 1.165) is 6.42 Å². The van der Waals surface area contributed by atoms with Crippen LogP contribution in [-0.4, -0.2) is 40.0 Å². The lowest BCUT2D eigenvalue weighted by atomic mass is 10.2. The SMILES string of the molecule is CCC(C)N(C)C(=O)c1cccc(C(=O)O)n1. The van der Waals surface area contributed by atoms with Gasteiger partial charge in [0.25, 0.3) is 5.91 Å². The van der Waals surface area contributed by atoms with E-state index in [1.165, 1.54) is 18.2 Å². The number of carbonyl (C=O) groups is 2. The molecule has 0 saturated carbocycles. The Morgan fingerprint density at radius 1 is 1.41 bits per heavy atom. The number of aromatic carboxylic acids is 1. The second-order valence-corrected chi connectivity index (χ2v) is 3.89. The molecule has 1 heterocycles. The van der Waals surface area contributed by atoms with Crippen molar-refractivity contribution in [3.63, 3.8) is 0 Å². The number of carboxylic acid groups (broad SMARTS) is 1. The summed E-state index contributed by atoms with van der Waals surface area (Å²) in [7, 11) is 1.69. The third-order valence-electron chi connectivity index (χ3n) is 2.76. The minimum atomic E-state index is -1.13. The summed E-state index contributed by atoms with van der Waals surface area (Å²) in [6.07, 6.45) is 0.834. The Labute approximate surface area is 100 Å². The first-order valence-corrected chi connectivity index (χ1v) is 5.44. The van der Waals surface area contributed by atoms with Crippen molar-refractivity contribution in [2.75, 3.05) is 7.05 Å². The van der Waals surface area contributed by atoms with Gasteiger partial charge in [0, 0.05) is 13.1 Å². The van der Waals surface area contributed by atoms with E-state index in [9.17, 15) is 9.59 Å². The lowest BCUT2D eigenvalue weighted by Gasteiger charge is -2.23. The third-order valence-corrected chi connectivity index (χ3v) is 2.76. The second kappa shape index (κ2) is 5.43. The van der Waals surface area contributed by atoms with Crippen molar-refractivity contribution in [3.05, 3.63) is 29.6 Å². The molecule has 0 fully saturated rings. The summed E-state index contributed by atoms with van der Waals surface area (Å²) >= 11 is 0. The van der Waals surface area contributed by atoms with Crippen LogP contribution < -0.4 is 0 Å². The van der Waals surface area contributed by atoms with Crippen LogP contribution in [-0.2, 0) is 0 Å². The van der Waals surface area contributed by atoms with Crippen LogP contribution in [0, 0.1) is 0 Å². The summed E-state index contributed by atoms with van der Waals surface area (Å²) in [6, 6.07) is 4.50. The minimum absolute atomic E-state index is 0.0952. The summed E-state index contributed by atoms with van der Waals surface area (Å²) in [5.74, 6) is -1.40. The number of rotatable bonds is 4. The Kier molecular flexibility index (Phi) is 4.20. The van der Waals surface area contributed by atoms with Gasteiger partial charge in [-0.25, -0.2) is 9.78 Å². The lowest BCUT2D eigenvalue weighted by molar-refractivity contribution is 0.0689. The monoisotopic (exact) mass is 236 g/mol. The van der Waals surface area contributed by atoms with E-state index in [-0.39, 0.29) is 23.3 Å². The summed E-state index contributed by atoms with van der Waals surface area (Å²) in [5.41, 5.74) is 0.0427. The number of carboxylic acids is 1. The highest BCUT2D eigenvalue weighted by Crippen LogP contribution is 2.07. The van der Waals surface area contributed by atoms with E-state index in [4.69, 9.17) is 5.11 Å². The molecule has 0 radical (unpaired) electrons. The zero-order valence-corrected chi connectivity index (χ0v) is 10.2. The Morgan fingerprint density at radius 3 is 2.53 bits per heavy atom. The van der Waals surface area contributed by atoms with Gasteiger partial charge in [0.1, 0.15) is 11.4 Å². The van der Waals surface area contributed by atoms with Crippen molar-refractivity contribution in [2.45, 2.75) is 26.3 Å². The van der Waals surface area contributed by atoms with Crippen molar-refractivity contribution in [2.24, 2.45) is 0 Å². The number of aromatic nitrogens is 1. The van der Waals surface area contributed by atoms with Gasteiger partial charge >= 0.3 is 5.97 Å². The number of nitrogens with zero attached hydrogens (tertiary/aromatic N) is 2. The molecule has 1 aromatic rings. The van der Waals surface area contributed by atoms with Crippen LogP contribution in [0.4, 0.5) is 0 Å². The van der Waals surface area contributed by atoms with Gasteiger partial charge in [-0.05, 0) is 25.5 Å². The Hall–Kier alpha value is -1.91. The van der Waals surface area contributed by atoms with Crippen LogP contribution in [0.3, 0.4) is 0 Å². The number of amides is 1. The molecule has 0 aromatic carbocycles. The van der Waals surface area contributed by atoms with E-state index in [1.807, 2.05) is 13.8 Å². The highest BCUT2D eigenvalue weighted by molar-refractivity contribution is 5.94. The van der Waals surface area contributed by atoms with E-state index < -0.39 is 5.97 Å². The van der Waals surface area contributed by atoms with Crippen molar-refractivity contribution in [1.29, 1.82) is 0 Å². The maximum absolute atomic E-state index is 12.0. The molecular formula is C12H16N2O3. The average Bonchev–Trinajstić information content (AvgIpc) is 2.36. The maximum Gasteiger partial charge on any atom is 0.354 e. The largest absolute Gasteiger partial charge is 0.477 e. The molecule has 0 saturated heterocycles. The number of hydrogen-bond acceptors (Lipinski definition) is 3. The van der Waals surface area contributed by atoms with Crippen LogP contribution >= 0.6 is 0 Å². The molecule has 92 valence electrons.